The molecule has 0 spiro atoms. The van der Waals surface area contributed by atoms with Gasteiger partial charge >= 0.3 is 5.69 Å². The van der Waals surface area contributed by atoms with Crippen molar-refractivity contribution < 1.29 is 9.59 Å². The van der Waals surface area contributed by atoms with E-state index in [0.717, 1.165) is 11.0 Å². The van der Waals surface area contributed by atoms with Gasteiger partial charge in [-0.15, -0.1) is 0 Å². The van der Waals surface area contributed by atoms with E-state index >= 15 is 0 Å². The van der Waals surface area contributed by atoms with Gasteiger partial charge in [-0.3, -0.25) is 23.5 Å². The Kier molecular flexibility index (Phi) is 5.35. The number of fused-ring (bicyclic) bond motifs is 1. The van der Waals surface area contributed by atoms with E-state index < -0.39 is 23.2 Å². The molecule has 0 aliphatic carbocycles. The quantitative estimate of drug-likeness (QED) is 0.740. The smallest absolute Gasteiger partial charge is 0.332 e. The van der Waals surface area contributed by atoms with Gasteiger partial charge in [0.2, 0.25) is 5.91 Å². The number of rotatable bonds is 5. The van der Waals surface area contributed by atoms with Crippen molar-refractivity contribution in [3.8, 4) is 0 Å². The molecule has 1 atom stereocenters. The van der Waals surface area contributed by atoms with Crippen molar-refractivity contribution in [2.45, 2.75) is 26.3 Å². The molecular weight excluding hydrogens is 326 g/mol. The van der Waals surface area contributed by atoms with Gasteiger partial charge in [-0.1, -0.05) is 6.92 Å². The van der Waals surface area contributed by atoms with Crippen LogP contribution < -0.4 is 21.9 Å². The Balaban J connectivity index is 2.33. The van der Waals surface area contributed by atoms with Crippen LogP contribution in [-0.4, -0.2) is 38.5 Å². The van der Waals surface area contributed by atoms with Crippen molar-refractivity contribution in [1.82, 2.24) is 24.8 Å². The van der Waals surface area contributed by atoms with Gasteiger partial charge in [-0.05, 0) is 19.4 Å². The first-order valence-electron chi connectivity index (χ1n) is 7.92. The van der Waals surface area contributed by atoms with E-state index in [0.29, 0.717) is 6.54 Å². The van der Waals surface area contributed by atoms with Gasteiger partial charge in [0.05, 0.1) is 10.9 Å². The second-order valence-corrected chi connectivity index (χ2v) is 5.79. The first-order valence-corrected chi connectivity index (χ1v) is 7.92. The van der Waals surface area contributed by atoms with Crippen LogP contribution in [0.4, 0.5) is 0 Å². The zero-order valence-corrected chi connectivity index (χ0v) is 14.6. The Morgan fingerprint density at radius 1 is 1.24 bits per heavy atom. The zero-order valence-electron chi connectivity index (χ0n) is 14.6. The van der Waals surface area contributed by atoms with Gasteiger partial charge in [0, 0.05) is 26.8 Å². The van der Waals surface area contributed by atoms with Crippen molar-refractivity contribution in [3.63, 3.8) is 0 Å². The second-order valence-electron chi connectivity index (χ2n) is 5.79. The molecule has 2 rings (SSSR count). The summed E-state index contributed by atoms with van der Waals surface area (Å²) in [6.07, 6.45) is 2.07. The maximum Gasteiger partial charge on any atom is 0.332 e. The van der Waals surface area contributed by atoms with Gasteiger partial charge in [0.1, 0.15) is 11.7 Å². The molecule has 134 valence electrons. The number of hydrogen-bond acceptors (Lipinski definition) is 5. The van der Waals surface area contributed by atoms with Crippen LogP contribution in [0.2, 0.25) is 0 Å². The molecule has 2 heterocycles. The van der Waals surface area contributed by atoms with Crippen LogP contribution in [0.15, 0.2) is 21.9 Å². The van der Waals surface area contributed by atoms with Crippen molar-refractivity contribution in [2.75, 3.05) is 6.54 Å². The van der Waals surface area contributed by atoms with E-state index in [2.05, 4.69) is 15.6 Å². The second kappa shape index (κ2) is 7.29. The number of aryl methyl sites for hydroxylation is 1. The largest absolute Gasteiger partial charge is 0.354 e. The highest BCUT2D eigenvalue weighted by Crippen LogP contribution is 2.07. The lowest BCUT2D eigenvalue weighted by Crippen LogP contribution is -2.45. The Morgan fingerprint density at radius 2 is 1.92 bits per heavy atom. The molecule has 0 aromatic carbocycles. The zero-order chi connectivity index (χ0) is 18.7. The average molecular weight is 347 g/mol. The Hall–Kier alpha value is -2.97. The summed E-state index contributed by atoms with van der Waals surface area (Å²) in [5.74, 6) is -0.813. The lowest BCUT2D eigenvalue weighted by molar-refractivity contribution is -0.122. The Bertz CT molecular complexity index is 944. The van der Waals surface area contributed by atoms with E-state index in [-0.39, 0.29) is 22.5 Å². The normalized spacial score (nSPS) is 12.0. The van der Waals surface area contributed by atoms with E-state index in [1.165, 1.54) is 30.9 Å². The van der Waals surface area contributed by atoms with E-state index in [9.17, 15) is 19.2 Å². The van der Waals surface area contributed by atoms with Crippen LogP contribution in [0.5, 0.6) is 0 Å². The summed E-state index contributed by atoms with van der Waals surface area (Å²) in [6.45, 7) is 4.03. The minimum Gasteiger partial charge on any atom is -0.354 e. The molecule has 9 heteroatoms. The highest BCUT2D eigenvalue weighted by Gasteiger charge is 2.18. The Morgan fingerprint density at radius 3 is 2.56 bits per heavy atom. The number of hydrogen-bond donors (Lipinski definition) is 2. The molecule has 2 amide bonds. The molecule has 0 aliphatic heterocycles. The predicted octanol–water partition coefficient (Wildman–Crippen LogP) is -0.723. The fraction of sp³-hybridized carbons (Fsp3) is 0.438. The molecule has 2 N–H and O–H groups in total. The molecule has 0 saturated heterocycles. The minimum absolute atomic E-state index is 0.137. The predicted molar refractivity (Wildman–Crippen MR) is 92.5 cm³/mol. The number of pyridine rings is 1. The molecule has 0 saturated carbocycles. The van der Waals surface area contributed by atoms with Crippen molar-refractivity contribution in [1.29, 1.82) is 0 Å². The molecule has 9 nitrogen and oxygen atoms in total. The minimum atomic E-state index is -0.724. The van der Waals surface area contributed by atoms with Crippen LogP contribution in [0.3, 0.4) is 0 Å². The van der Waals surface area contributed by atoms with Gasteiger partial charge in [0.25, 0.3) is 11.5 Å². The van der Waals surface area contributed by atoms with Crippen LogP contribution in [0.25, 0.3) is 11.0 Å². The lowest BCUT2D eigenvalue weighted by atomic mass is 10.2. The van der Waals surface area contributed by atoms with E-state index in [1.807, 2.05) is 6.92 Å². The van der Waals surface area contributed by atoms with Gasteiger partial charge in [0.15, 0.2) is 0 Å². The molecule has 1 unspecified atom stereocenters. The number of carbonyl (C=O) groups excluding carboxylic acids is 2. The highest BCUT2D eigenvalue weighted by molar-refractivity contribution is 5.99. The number of nitrogens with zero attached hydrogens (tertiary/aromatic N) is 3. The summed E-state index contributed by atoms with van der Waals surface area (Å²) in [6, 6.07) is 0.647. The molecule has 25 heavy (non-hydrogen) atoms. The summed E-state index contributed by atoms with van der Waals surface area (Å²) in [5.41, 5.74) is -0.700. The van der Waals surface area contributed by atoms with Crippen LogP contribution in [0, 0.1) is 0 Å². The third kappa shape index (κ3) is 3.59. The fourth-order valence-electron chi connectivity index (χ4n) is 2.34. The molecular formula is C16H21N5O4. The topological polar surface area (TPSA) is 115 Å². The molecule has 2 aromatic heterocycles. The standard InChI is InChI=1S/C16H21N5O4/c1-5-6-17-13(22)9(2)19-14(23)10-7-11-12(18-8-10)20(3)16(25)21(4)15(11)24/h7-9H,5-6H2,1-4H3,(H,17,22)(H,19,23). The first kappa shape index (κ1) is 18.4. The van der Waals surface area contributed by atoms with Crippen LogP contribution >= 0.6 is 0 Å². The van der Waals surface area contributed by atoms with Crippen LogP contribution in [0.1, 0.15) is 30.6 Å². The van der Waals surface area contributed by atoms with Crippen LogP contribution in [-0.2, 0) is 18.9 Å². The summed E-state index contributed by atoms with van der Waals surface area (Å²) >= 11 is 0. The summed E-state index contributed by atoms with van der Waals surface area (Å²) in [7, 11) is 2.86. The Labute approximate surface area is 143 Å². The molecule has 0 radical (unpaired) electrons. The van der Waals surface area contributed by atoms with Gasteiger partial charge in [-0.2, -0.15) is 0 Å². The fourth-order valence-corrected chi connectivity index (χ4v) is 2.34. The summed E-state index contributed by atoms with van der Waals surface area (Å²) in [5, 5.41) is 5.40. The van der Waals surface area contributed by atoms with Crippen molar-refractivity contribution in [2.24, 2.45) is 14.1 Å². The van der Waals surface area contributed by atoms with Crippen molar-refractivity contribution in [3.05, 3.63) is 38.7 Å². The molecule has 0 bridgehead atoms. The highest BCUT2D eigenvalue weighted by atomic mass is 16.2. The first-order chi connectivity index (χ1) is 11.8. The molecule has 0 fully saturated rings. The van der Waals surface area contributed by atoms with E-state index in [1.54, 1.807) is 6.92 Å². The van der Waals surface area contributed by atoms with Gasteiger partial charge < -0.3 is 10.6 Å². The SMILES string of the molecule is CCCNC(=O)C(C)NC(=O)c1cnc2c(c1)c(=O)n(C)c(=O)n2C. The van der Waals surface area contributed by atoms with E-state index in [4.69, 9.17) is 0 Å². The third-order valence-corrected chi connectivity index (χ3v) is 3.85. The summed E-state index contributed by atoms with van der Waals surface area (Å²) in [4.78, 5) is 52.3. The monoisotopic (exact) mass is 347 g/mol. The summed E-state index contributed by atoms with van der Waals surface area (Å²) < 4.78 is 2.19. The number of nitrogens with one attached hydrogen (secondary N) is 2. The average Bonchev–Trinajstić information content (AvgIpc) is 2.61. The number of carbonyl (C=O) groups is 2. The third-order valence-electron chi connectivity index (χ3n) is 3.85. The lowest BCUT2D eigenvalue weighted by Gasteiger charge is -2.14. The number of amides is 2. The maximum absolute atomic E-state index is 12.3. The van der Waals surface area contributed by atoms with Crippen molar-refractivity contribution >= 4 is 22.8 Å². The number of aromatic nitrogens is 3. The maximum atomic E-state index is 12.3. The molecule has 2 aromatic rings. The molecule has 0 aliphatic rings. The van der Waals surface area contributed by atoms with Gasteiger partial charge in [-0.25, -0.2) is 9.78 Å².